The number of methoxy groups -OCH3 is 1. The van der Waals surface area contributed by atoms with Crippen LogP contribution >= 0.6 is 0 Å². The van der Waals surface area contributed by atoms with E-state index < -0.39 is 0 Å². The number of rotatable bonds is 5. The first-order chi connectivity index (χ1) is 16.7. The van der Waals surface area contributed by atoms with Gasteiger partial charge in [-0.15, -0.1) is 0 Å². The van der Waals surface area contributed by atoms with Gasteiger partial charge in [0, 0.05) is 60.4 Å². The molecule has 1 saturated heterocycles. The Bertz CT molecular complexity index is 1430. The molecule has 176 valence electrons. The minimum atomic E-state index is -0.0217. The number of ether oxygens (including phenoxy) is 2. The smallest absolute Gasteiger partial charge is 0.334 e. The number of nitrogens with zero attached hydrogens (tertiary/aromatic N) is 4. The van der Waals surface area contributed by atoms with Crippen LogP contribution in [0.1, 0.15) is 32.1 Å². The van der Waals surface area contributed by atoms with Crippen molar-refractivity contribution < 1.29 is 9.47 Å². The topological polar surface area (TPSA) is 87.0 Å². The normalized spacial score (nSPS) is 21.3. The summed E-state index contributed by atoms with van der Waals surface area (Å²) >= 11 is 0. The molecule has 2 unspecified atom stereocenters. The molecule has 0 spiro atoms. The highest BCUT2D eigenvalue weighted by molar-refractivity contribution is 5.85. The van der Waals surface area contributed by atoms with Gasteiger partial charge in [0.25, 0.3) is 0 Å². The molecule has 1 fully saturated rings. The lowest BCUT2D eigenvalue weighted by molar-refractivity contribution is -0.0586. The zero-order valence-corrected chi connectivity index (χ0v) is 19.4. The lowest BCUT2D eigenvalue weighted by Gasteiger charge is -2.28. The van der Waals surface area contributed by atoms with E-state index in [0.717, 1.165) is 64.7 Å². The molecule has 6 rings (SSSR count). The van der Waals surface area contributed by atoms with Gasteiger partial charge in [-0.05, 0) is 50.3 Å². The van der Waals surface area contributed by atoms with Crippen LogP contribution in [0.15, 0.2) is 47.7 Å². The highest BCUT2D eigenvalue weighted by Crippen LogP contribution is 2.29. The SMILES string of the molecule is COC1COCC(Cn2c(=O)n(C3=CCCCC3)c3ncc(-c4cnc5[nH]ccc5c4)cc32)C1. The molecule has 2 atom stereocenters. The summed E-state index contributed by atoms with van der Waals surface area (Å²) in [6.45, 7) is 1.81. The number of aromatic nitrogens is 5. The van der Waals surface area contributed by atoms with E-state index in [0.29, 0.717) is 19.8 Å². The molecular weight excluding hydrogens is 430 g/mol. The lowest BCUT2D eigenvalue weighted by Crippen LogP contribution is -2.35. The van der Waals surface area contributed by atoms with Crippen LogP contribution in [0.5, 0.6) is 0 Å². The van der Waals surface area contributed by atoms with E-state index in [1.807, 2.05) is 33.8 Å². The largest absolute Gasteiger partial charge is 0.379 e. The molecule has 1 aliphatic heterocycles. The van der Waals surface area contributed by atoms with Crippen LogP contribution in [0.25, 0.3) is 39.0 Å². The average Bonchev–Trinajstić information content (AvgIpc) is 3.46. The molecule has 1 N–H and O–H groups in total. The van der Waals surface area contributed by atoms with E-state index in [1.165, 1.54) is 6.42 Å². The van der Waals surface area contributed by atoms with Crippen LogP contribution in [0.3, 0.4) is 0 Å². The molecule has 0 aromatic carbocycles. The van der Waals surface area contributed by atoms with Gasteiger partial charge in [0.05, 0.1) is 24.8 Å². The quantitative estimate of drug-likeness (QED) is 0.483. The summed E-state index contributed by atoms with van der Waals surface area (Å²) in [6, 6.07) is 6.19. The zero-order chi connectivity index (χ0) is 23.1. The monoisotopic (exact) mass is 459 g/mol. The van der Waals surface area contributed by atoms with Crippen molar-refractivity contribution in [3.05, 3.63) is 53.3 Å². The fourth-order valence-corrected chi connectivity index (χ4v) is 5.27. The summed E-state index contributed by atoms with van der Waals surface area (Å²) in [6.07, 6.45) is 12.9. The van der Waals surface area contributed by atoms with Gasteiger partial charge in [-0.2, -0.15) is 0 Å². The Morgan fingerprint density at radius 1 is 1.18 bits per heavy atom. The van der Waals surface area contributed by atoms with Crippen LogP contribution < -0.4 is 5.69 Å². The number of nitrogens with one attached hydrogen (secondary N) is 1. The second kappa shape index (κ2) is 8.85. The number of pyridine rings is 2. The summed E-state index contributed by atoms with van der Waals surface area (Å²) in [7, 11) is 1.72. The number of H-pyrrole nitrogens is 1. The molecular formula is C26H29N5O3. The summed E-state index contributed by atoms with van der Waals surface area (Å²) in [5, 5.41) is 1.05. The Morgan fingerprint density at radius 3 is 2.91 bits per heavy atom. The molecule has 4 aromatic rings. The molecule has 0 bridgehead atoms. The fourth-order valence-electron chi connectivity index (χ4n) is 5.27. The Labute approximate surface area is 197 Å². The molecule has 0 amide bonds. The Hall–Kier alpha value is -3.23. The molecule has 8 heteroatoms. The molecule has 2 aliphatic rings. The number of imidazole rings is 1. The third-order valence-corrected chi connectivity index (χ3v) is 7.09. The number of hydrogen-bond donors (Lipinski definition) is 1. The van der Waals surface area contributed by atoms with Crippen LogP contribution in [-0.2, 0) is 16.0 Å². The van der Waals surface area contributed by atoms with Gasteiger partial charge in [-0.3, -0.25) is 4.57 Å². The fraction of sp³-hybridized carbons (Fsp3) is 0.423. The molecule has 1 aliphatic carbocycles. The molecule has 5 heterocycles. The van der Waals surface area contributed by atoms with E-state index >= 15 is 0 Å². The Kier molecular flexibility index (Phi) is 5.55. The van der Waals surface area contributed by atoms with Crippen molar-refractivity contribution in [1.82, 2.24) is 24.1 Å². The zero-order valence-electron chi connectivity index (χ0n) is 19.4. The van der Waals surface area contributed by atoms with E-state index in [9.17, 15) is 4.79 Å². The van der Waals surface area contributed by atoms with Gasteiger partial charge in [0.2, 0.25) is 0 Å². The summed E-state index contributed by atoms with van der Waals surface area (Å²) < 4.78 is 15.0. The molecule has 0 radical (unpaired) electrons. The summed E-state index contributed by atoms with van der Waals surface area (Å²) in [5.74, 6) is 0.206. The maximum Gasteiger partial charge on any atom is 0.334 e. The maximum atomic E-state index is 13.8. The number of allylic oxidation sites excluding steroid dienone is 2. The molecule has 34 heavy (non-hydrogen) atoms. The first kappa shape index (κ1) is 21.3. The van der Waals surface area contributed by atoms with Gasteiger partial charge in [0.15, 0.2) is 5.65 Å². The van der Waals surface area contributed by atoms with Gasteiger partial charge < -0.3 is 14.5 Å². The van der Waals surface area contributed by atoms with Crippen molar-refractivity contribution in [3.63, 3.8) is 0 Å². The van der Waals surface area contributed by atoms with E-state index in [1.54, 1.807) is 7.11 Å². The molecule has 8 nitrogen and oxygen atoms in total. The predicted octanol–water partition coefficient (Wildman–Crippen LogP) is 4.21. The minimum Gasteiger partial charge on any atom is -0.379 e. The summed E-state index contributed by atoms with van der Waals surface area (Å²) in [5.41, 5.74) is 5.39. The highest BCUT2D eigenvalue weighted by atomic mass is 16.5. The van der Waals surface area contributed by atoms with E-state index in [2.05, 4.69) is 28.2 Å². The van der Waals surface area contributed by atoms with Gasteiger partial charge in [-0.1, -0.05) is 6.08 Å². The van der Waals surface area contributed by atoms with Crippen LogP contribution in [0.4, 0.5) is 0 Å². The Morgan fingerprint density at radius 2 is 2.06 bits per heavy atom. The lowest BCUT2D eigenvalue weighted by atomic mass is 10.00. The van der Waals surface area contributed by atoms with Crippen molar-refractivity contribution in [2.75, 3.05) is 20.3 Å². The van der Waals surface area contributed by atoms with Crippen molar-refractivity contribution in [3.8, 4) is 11.1 Å². The number of hydrogen-bond acceptors (Lipinski definition) is 5. The van der Waals surface area contributed by atoms with Gasteiger partial charge >= 0.3 is 5.69 Å². The van der Waals surface area contributed by atoms with Crippen molar-refractivity contribution in [2.45, 2.75) is 44.8 Å². The molecule has 0 saturated carbocycles. The predicted molar refractivity (Wildman–Crippen MR) is 132 cm³/mol. The number of aromatic amines is 1. The summed E-state index contributed by atoms with van der Waals surface area (Å²) in [4.78, 5) is 26.2. The van der Waals surface area contributed by atoms with E-state index in [-0.39, 0.29) is 17.7 Å². The third-order valence-electron chi connectivity index (χ3n) is 7.09. The first-order valence-corrected chi connectivity index (χ1v) is 12.1. The van der Waals surface area contributed by atoms with Gasteiger partial charge in [-0.25, -0.2) is 19.3 Å². The van der Waals surface area contributed by atoms with Crippen molar-refractivity contribution in [2.24, 2.45) is 5.92 Å². The van der Waals surface area contributed by atoms with Crippen LogP contribution in [-0.4, -0.2) is 50.5 Å². The first-order valence-electron chi connectivity index (χ1n) is 12.1. The van der Waals surface area contributed by atoms with Crippen molar-refractivity contribution in [1.29, 1.82) is 0 Å². The van der Waals surface area contributed by atoms with Gasteiger partial charge in [0.1, 0.15) is 5.65 Å². The van der Waals surface area contributed by atoms with E-state index in [4.69, 9.17) is 14.5 Å². The standard InChI is InChI=1S/C26H29N5O3/c1-33-22-9-17(15-34-16-22)14-30-23-11-20(19-10-18-7-8-27-24(18)28-12-19)13-29-25(23)31(26(30)32)21-5-3-2-4-6-21/h5,7-8,10-13,17,22H,2-4,6,9,14-16H2,1H3,(H,27,28). The Balaban J connectivity index is 1.47. The van der Waals surface area contributed by atoms with Crippen LogP contribution in [0, 0.1) is 5.92 Å². The van der Waals surface area contributed by atoms with Crippen LogP contribution in [0.2, 0.25) is 0 Å². The minimum absolute atomic E-state index is 0.0217. The second-order valence-corrected chi connectivity index (χ2v) is 9.37. The molecule has 4 aromatic heterocycles. The highest BCUT2D eigenvalue weighted by Gasteiger charge is 2.26. The average molecular weight is 460 g/mol. The number of fused-ring (bicyclic) bond motifs is 2. The van der Waals surface area contributed by atoms with Crippen molar-refractivity contribution >= 4 is 27.9 Å². The maximum absolute atomic E-state index is 13.8. The third kappa shape index (κ3) is 3.76. The second-order valence-electron chi connectivity index (χ2n) is 9.37.